The van der Waals surface area contributed by atoms with E-state index >= 15 is 0 Å². The second-order valence-electron chi connectivity index (χ2n) is 11.7. The highest BCUT2D eigenvalue weighted by Gasteiger charge is 2.39. The number of rotatable bonds is 2. The minimum absolute atomic E-state index is 0.0865. The Morgan fingerprint density at radius 2 is 1.17 bits per heavy atom. The van der Waals surface area contributed by atoms with Gasteiger partial charge >= 0.3 is 0 Å². The Labute approximate surface area is 253 Å². The molecule has 0 fully saturated rings. The third-order valence-electron chi connectivity index (χ3n) is 8.92. The normalized spacial score (nSPS) is 14.4. The summed E-state index contributed by atoms with van der Waals surface area (Å²) in [5.74, 6) is 0. The Hall–Kier alpha value is -4.18. The Kier molecular flexibility index (Phi) is 5.18. The van der Waals surface area contributed by atoms with Crippen LogP contribution in [-0.4, -0.2) is 0 Å². The summed E-state index contributed by atoms with van der Waals surface area (Å²) in [6.45, 7) is 4.79. The number of fused-ring (bicyclic) bond motifs is 9. The molecule has 0 atom stereocenters. The van der Waals surface area contributed by atoms with Crippen LogP contribution in [0.25, 0.3) is 55.3 Å². The minimum atomic E-state index is -0.0865. The summed E-state index contributed by atoms with van der Waals surface area (Å²) in [6.07, 6.45) is 0. The van der Waals surface area contributed by atoms with E-state index in [0.717, 1.165) is 21.9 Å². The summed E-state index contributed by atoms with van der Waals surface area (Å²) < 4.78 is 6.07. The van der Waals surface area contributed by atoms with Crippen LogP contribution >= 0.6 is 23.5 Å². The van der Waals surface area contributed by atoms with Crippen molar-refractivity contribution < 1.29 is 4.42 Å². The van der Waals surface area contributed by atoms with Crippen molar-refractivity contribution in [1.82, 2.24) is 0 Å². The average molecular weight is 575 g/mol. The zero-order valence-electron chi connectivity index (χ0n) is 23.3. The molecule has 0 saturated heterocycles. The highest BCUT2D eigenvalue weighted by molar-refractivity contribution is 8.05. The fraction of sp³-hybridized carbons (Fsp3) is 0.0769. The molecule has 2 aliphatic rings. The van der Waals surface area contributed by atoms with Crippen LogP contribution in [0.15, 0.2) is 145 Å². The molecule has 0 spiro atoms. The molecule has 0 saturated carbocycles. The van der Waals surface area contributed by atoms with Gasteiger partial charge in [0.1, 0.15) is 11.2 Å². The zero-order chi connectivity index (χ0) is 28.0. The third-order valence-corrected chi connectivity index (χ3v) is 11.5. The van der Waals surface area contributed by atoms with Crippen molar-refractivity contribution in [3.05, 3.63) is 132 Å². The molecule has 0 bridgehead atoms. The van der Waals surface area contributed by atoms with Gasteiger partial charge in [-0.05, 0) is 93.0 Å². The van der Waals surface area contributed by atoms with Crippen molar-refractivity contribution in [3.63, 3.8) is 0 Å². The lowest BCUT2D eigenvalue weighted by Gasteiger charge is -2.28. The largest absolute Gasteiger partial charge is 0.456 e. The number of hydrogen-bond donors (Lipinski definition) is 0. The van der Waals surface area contributed by atoms with Crippen molar-refractivity contribution in [3.8, 4) is 33.4 Å². The van der Waals surface area contributed by atoms with Gasteiger partial charge in [-0.2, -0.15) is 0 Å². The molecule has 0 N–H and O–H groups in total. The van der Waals surface area contributed by atoms with Gasteiger partial charge in [-0.15, -0.1) is 0 Å². The fourth-order valence-corrected chi connectivity index (χ4v) is 9.39. The Morgan fingerprint density at radius 1 is 0.500 bits per heavy atom. The van der Waals surface area contributed by atoms with E-state index in [1.165, 1.54) is 64.1 Å². The summed E-state index contributed by atoms with van der Waals surface area (Å²) in [7, 11) is 0. The molecule has 1 nitrogen and oxygen atoms in total. The Balaban J connectivity index is 1.12. The highest BCUT2D eigenvalue weighted by Crippen LogP contribution is 2.58. The van der Waals surface area contributed by atoms with E-state index in [2.05, 4.69) is 123 Å². The first-order valence-electron chi connectivity index (χ1n) is 14.3. The van der Waals surface area contributed by atoms with E-state index in [4.69, 9.17) is 4.42 Å². The first-order valence-corrected chi connectivity index (χ1v) is 16.0. The van der Waals surface area contributed by atoms with E-state index in [9.17, 15) is 0 Å². The van der Waals surface area contributed by atoms with E-state index in [1.807, 2.05) is 35.7 Å². The predicted molar refractivity (Wildman–Crippen MR) is 177 cm³/mol. The molecule has 9 rings (SSSR count). The van der Waals surface area contributed by atoms with Crippen LogP contribution in [0.3, 0.4) is 0 Å². The first kappa shape index (κ1) is 24.4. The van der Waals surface area contributed by atoms with Gasteiger partial charge < -0.3 is 4.42 Å². The molecule has 0 amide bonds. The monoisotopic (exact) mass is 574 g/mol. The standard InChI is InChI=1S/C39H26OS2/c1-39(2)31-22-26(14-16-27(31)29-17-19-36-38(37(29)39)42-35-13-6-5-12-34(35)41-36)24-9-7-8-23(20-24)25-15-18-33-30(21-25)28-10-3-4-11-32(28)40-33/h3-22H,1-2H3. The molecule has 3 heteroatoms. The number of furan rings is 1. The molecular formula is C39H26OS2. The minimum Gasteiger partial charge on any atom is -0.456 e. The quantitative estimate of drug-likeness (QED) is 0.204. The SMILES string of the molecule is CC1(C)c2cc(-c3cccc(-c4ccc5oc6ccccc6c5c4)c3)ccc2-c2ccc3c(c21)Sc1ccccc1S3. The number of benzene rings is 6. The Bertz CT molecular complexity index is 2240. The van der Waals surface area contributed by atoms with Crippen molar-refractivity contribution in [2.45, 2.75) is 38.8 Å². The molecule has 2 heterocycles. The first-order chi connectivity index (χ1) is 20.5. The average Bonchev–Trinajstić information content (AvgIpc) is 3.51. The van der Waals surface area contributed by atoms with Crippen LogP contribution in [0.5, 0.6) is 0 Å². The molecular weight excluding hydrogens is 549 g/mol. The molecule has 0 radical (unpaired) electrons. The highest BCUT2D eigenvalue weighted by atomic mass is 32.2. The third kappa shape index (κ3) is 3.54. The lowest BCUT2D eigenvalue weighted by Crippen LogP contribution is -2.17. The van der Waals surface area contributed by atoms with E-state index in [-0.39, 0.29) is 5.41 Å². The molecule has 1 aromatic heterocycles. The maximum Gasteiger partial charge on any atom is 0.135 e. The lowest BCUT2D eigenvalue weighted by molar-refractivity contribution is 0.642. The molecule has 6 aromatic carbocycles. The lowest BCUT2D eigenvalue weighted by atomic mass is 9.81. The van der Waals surface area contributed by atoms with Crippen LogP contribution in [0.4, 0.5) is 0 Å². The van der Waals surface area contributed by atoms with Gasteiger partial charge in [-0.3, -0.25) is 0 Å². The van der Waals surface area contributed by atoms with Crippen LogP contribution in [0.2, 0.25) is 0 Å². The van der Waals surface area contributed by atoms with Crippen LogP contribution < -0.4 is 0 Å². The van der Waals surface area contributed by atoms with Crippen molar-refractivity contribution in [2.75, 3.05) is 0 Å². The summed E-state index contributed by atoms with van der Waals surface area (Å²) in [5.41, 5.74) is 12.3. The van der Waals surface area contributed by atoms with Gasteiger partial charge in [-0.25, -0.2) is 0 Å². The second-order valence-corrected chi connectivity index (χ2v) is 13.9. The van der Waals surface area contributed by atoms with E-state index in [0.29, 0.717) is 0 Å². The molecule has 7 aromatic rings. The molecule has 1 aliphatic carbocycles. The van der Waals surface area contributed by atoms with Gasteiger partial charge in [0.2, 0.25) is 0 Å². The van der Waals surface area contributed by atoms with Crippen molar-refractivity contribution >= 4 is 45.5 Å². The summed E-state index contributed by atoms with van der Waals surface area (Å²) in [4.78, 5) is 5.50. The maximum atomic E-state index is 6.07. The number of hydrogen-bond acceptors (Lipinski definition) is 3. The molecule has 0 unspecified atom stereocenters. The maximum absolute atomic E-state index is 6.07. The van der Waals surface area contributed by atoms with Gasteiger partial charge in [0.25, 0.3) is 0 Å². The molecule has 1 aliphatic heterocycles. The second kappa shape index (κ2) is 8.91. The fourth-order valence-electron chi connectivity index (χ4n) is 6.83. The van der Waals surface area contributed by atoms with Gasteiger partial charge in [-0.1, -0.05) is 110 Å². The Morgan fingerprint density at radius 3 is 2.02 bits per heavy atom. The molecule has 42 heavy (non-hydrogen) atoms. The van der Waals surface area contributed by atoms with Crippen LogP contribution in [0.1, 0.15) is 25.0 Å². The summed E-state index contributed by atoms with van der Waals surface area (Å²) in [5, 5.41) is 2.32. The topological polar surface area (TPSA) is 13.1 Å². The van der Waals surface area contributed by atoms with E-state index in [1.54, 1.807) is 0 Å². The number of para-hydroxylation sites is 1. The predicted octanol–water partition coefficient (Wildman–Crippen LogP) is 11.8. The summed E-state index contributed by atoms with van der Waals surface area (Å²) >= 11 is 3.84. The van der Waals surface area contributed by atoms with Gasteiger partial charge in [0.15, 0.2) is 0 Å². The van der Waals surface area contributed by atoms with Crippen molar-refractivity contribution in [2.24, 2.45) is 0 Å². The smallest absolute Gasteiger partial charge is 0.135 e. The van der Waals surface area contributed by atoms with Crippen LogP contribution in [-0.2, 0) is 5.41 Å². The van der Waals surface area contributed by atoms with Gasteiger partial charge in [0.05, 0.1) is 0 Å². The van der Waals surface area contributed by atoms with E-state index < -0.39 is 0 Å². The van der Waals surface area contributed by atoms with Gasteiger partial charge in [0, 0.05) is 35.8 Å². The van der Waals surface area contributed by atoms with Crippen LogP contribution in [0, 0.1) is 0 Å². The molecule has 200 valence electrons. The summed E-state index contributed by atoms with van der Waals surface area (Å²) in [6, 6.07) is 44.3. The zero-order valence-corrected chi connectivity index (χ0v) is 24.9. The van der Waals surface area contributed by atoms with Crippen molar-refractivity contribution in [1.29, 1.82) is 0 Å².